The van der Waals surface area contributed by atoms with E-state index in [0.29, 0.717) is 12.1 Å². The number of nitrogens with one attached hydrogen (secondary N) is 1. The van der Waals surface area contributed by atoms with Crippen molar-refractivity contribution < 1.29 is 4.42 Å². The maximum Gasteiger partial charge on any atom is 0.108 e. The molecule has 1 heterocycles. The van der Waals surface area contributed by atoms with Gasteiger partial charge in [-0.2, -0.15) is 0 Å². The van der Waals surface area contributed by atoms with Crippen LogP contribution in [0.5, 0.6) is 0 Å². The van der Waals surface area contributed by atoms with Crippen LogP contribution in [0.4, 0.5) is 0 Å². The van der Waals surface area contributed by atoms with Crippen LogP contribution in [0.2, 0.25) is 0 Å². The SMILES string of the molecule is CCCC(CCC)NC1CCCc2occc21. The second-order valence-corrected chi connectivity index (χ2v) is 5.18. The van der Waals surface area contributed by atoms with Crippen LogP contribution in [-0.4, -0.2) is 6.04 Å². The van der Waals surface area contributed by atoms with E-state index in [1.165, 1.54) is 49.8 Å². The summed E-state index contributed by atoms with van der Waals surface area (Å²) in [5.74, 6) is 1.21. The highest BCUT2D eigenvalue weighted by molar-refractivity contribution is 5.24. The van der Waals surface area contributed by atoms with Gasteiger partial charge in [0, 0.05) is 24.1 Å². The van der Waals surface area contributed by atoms with Gasteiger partial charge >= 0.3 is 0 Å². The molecular weight excluding hydrogens is 210 g/mol. The van der Waals surface area contributed by atoms with Crippen LogP contribution in [0.15, 0.2) is 16.7 Å². The van der Waals surface area contributed by atoms with Gasteiger partial charge < -0.3 is 9.73 Å². The molecule has 0 amide bonds. The van der Waals surface area contributed by atoms with Crippen molar-refractivity contribution in [2.45, 2.75) is 70.9 Å². The average molecular weight is 235 g/mol. The highest BCUT2D eigenvalue weighted by atomic mass is 16.3. The maximum atomic E-state index is 5.55. The topological polar surface area (TPSA) is 25.2 Å². The van der Waals surface area contributed by atoms with Crippen molar-refractivity contribution in [3.05, 3.63) is 23.7 Å². The molecule has 0 aliphatic heterocycles. The Balaban J connectivity index is 1.99. The molecule has 1 unspecified atom stereocenters. The van der Waals surface area contributed by atoms with Crippen LogP contribution >= 0.6 is 0 Å². The van der Waals surface area contributed by atoms with Gasteiger partial charge in [0.1, 0.15) is 5.76 Å². The Labute approximate surface area is 105 Å². The third kappa shape index (κ3) is 3.12. The molecule has 17 heavy (non-hydrogen) atoms. The van der Waals surface area contributed by atoms with Gasteiger partial charge in [-0.3, -0.25) is 0 Å². The minimum Gasteiger partial charge on any atom is -0.469 e. The van der Waals surface area contributed by atoms with Crippen molar-refractivity contribution in [2.24, 2.45) is 0 Å². The Hall–Kier alpha value is -0.760. The third-order valence-corrected chi connectivity index (χ3v) is 3.76. The fourth-order valence-corrected chi connectivity index (χ4v) is 2.95. The molecule has 2 nitrogen and oxygen atoms in total. The first-order chi connectivity index (χ1) is 8.35. The van der Waals surface area contributed by atoms with E-state index in [1.807, 2.05) is 6.26 Å². The molecule has 1 aliphatic carbocycles. The van der Waals surface area contributed by atoms with Gasteiger partial charge in [-0.1, -0.05) is 26.7 Å². The standard InChI is InChI=1S/C15H25NO/c1-3-6-12(7-4-2)16-14-8-5-9-15-13(14)10-11-17-15/h10-12,14,16H,3-9H2,1-2H3. The summed E-state index contributed by atoms with van der Waals surface area (Å²) < 4.78 is 5.55. The maximum absolute atomic E-state index is 5.55. The number of hydrogen-bond donors (Lipinski definition) is 1. The molecule has 0 bridgehead atoms. The van der Waals surface area contributed by atoms with Gasteiger partial charge in [-0.05, 0) is 31.7 Å². The van der Waals surface area contributed by atoms with E-state index < -0.39 is 0 Å². The van der Waals surface area contributed by atoms with Crippen LogP contribution in [0, 0.1) is 0 Å². The first-order valence-corrected chi connectivity index (χ1v) is 7.17. The Morgan fingerprint density at radius 2 is 2.12 bits per heavy atom. The smallest absolute Gasteiger partial charge is 0.108 e. The van der Waals surface area contributed by atoms with Crippen LogP contribution in [0.1, 0.15) is 69.7 Å². The van der Waals surface area contributed by atoms with Crippen molar-refractivity contribution >= 4 is 0 Å². The zero-order chi connectivity index (χ0) is 12.1. The number of rotatable bonds is 6. The van der Waals surface area contributed by atoms with Crippen molar-refractivity contribution in [3.63, 3.8) is 0 Å². The molecule has 1 aliphatic rings. The molecule has 2 rings (SSSR count). The van der Waals surface area contributed by atoms with Crippen LogP contribution < -0.4 is 5.32 Å². The van der Waals surface area contributed by atoms with Crippen molar-refractivity contribution in [1.29, 1.82) is 0 Å². The summed E-state index contributed by atoms with van der Waals surface area (Å²) in [7, 11) is 0. The first-order valence-electron chi connectivity index (χ1n) is 7.17. The summed E-state index contributed by atoms with van der Waals surface area (Å²) in [6, 6.07) is 3.36. The molecule has 2 heteroatoms. The van der Waals surface area contributed by atoms with E-state index in [0.717, 1.165) is 6.42 Å². The van der Waals surface area contributed by atoms with Crippen LogP contribution in [0.3, 0.4) is 0 Å². The Bertz CT molecular complexity index is 325. The fourth-order valence-electron chi connectivity index (χ4n) is 2.95. The van der Waals surface area contributed by atoms with E-state index in [4.69, 9.17) is 4.42 Å². The first kappa shape index (κ1) is 12.7. The highest BCUT2D eigenvalue weighted by Gasteiger charge is 2.24. The second kappa shape index (κ2) is 6.25. The van der Waals surface area contributed by atoms with E-state index in [1.54, 1.807) is 0 Å². The lowest BCUT2D eigenvalue weighted by Gasteiger charge is -2.28. The van der Waals surface area contributed by atoms with Crippen LogP contribution in [-0.2, 0) is 6.42 Å². The molecule has 0 radical (unpaired) electrons. The van der Waals surface area contributed by atoms with Gasteiger partial charge in [0.25, 0.3) is 0 Å². The largest absolute Gasteiger partial charge is 0.469 e. The summed E-state index contributed by atoms with van der Waals surface area (Å²) in [6.07, 6.45) is 10.6. The zero-order valence-electron chi connectivity index (χ0n) is 11.2. The number of fused-ring (bicyclic) bond motifs is 1. The predicted octanol–water partition coefficient (Wildman–Crippen LogP) is 4.22. The molecule has 1 atom stereocenters. The normalized spacial score (nSPS) is 19.6. The lowest BCUT2D eigenvalue weighted by molar-refractivity contribution is 0.347. The molecular formula is C15H25NO. The monoisotopic (exact) mass is 235 g/mol. The summed E-state index contributed by atoms with van der Waals surface area (Å²) in [5.41, 5.74) is 1.41. The minimum atomic E-state index is 0.528. The summed E-state index contributed by atoms with van der Waals surface area (Å²) in [4.78, 5) is 0. The Morgan fingerprint density at radius 3 is 2.82 bits per heavy atom. The quantitative estimate of drug-likeness (QED) is 0.798. The fraction of sp³-hybridized carbons (Fsp3) is 0.733. The molecule has 0 saturated carbocycles. The van der Waals surface area contributed by atoms with Crippen molar-refractivity contribution in [2.75, 3.05) is 0 Å². The van der Waals surface area contributed by atoms with E-state index in [-0.39, 0.29) is 0 Å². The molecule has 0 spiro atoms. The Morgan fingerprint density at radius 1 is 1.35 bits per heavy atom. The predicted molar refractivity (Wildman–Crippen MR) is 71.1 cm³/mol. The second-order valence-electron chi connectivity index (χ2n) is 5.18. The van der Waals surface area contributed by atoms with Crippen molar-refractivity contribution in [3.8, 4) is 0 Å². The number of aryl methyl sites for hydroxylation is 1. The highest BCUT2D eigenvalue weighted by Crippen LogP contribution is 2.31. The third-order valence-electron chi connectivity index (χ3n) is 3.76. The van der Waals surface area contributed by atoms with E-state index in [9.17, 15) is 0 Å². The minimum absolute atomic E-state index is 0.528. The van der Waals surface area contributed by atoms with Gasteiger partial charge in [0.15, 0.2) is 0 Å². The molecule has 1 aromatic heterocycles. The lowest BCUT2D eigenvalue weighted by atomic mass is 9.92. The summed E-state index contributed by atoms with van der Waals surface area (Å²) in [5, 5.41) is 3.84. The van der Waals surface area contributed by atoms with Crippen molar-refractivity contribution in [1.82, 2.24) is 5.32 Å². The molecule has 0 fully saturated rings. The number of hydrogen-bond acceptors (Lipinski definition) is 2. The van der Waals surface area contributed by atoms with E-state index >= 15 is 0 Å². The van der Waals surface area contributed by atoms with E-state index in [2.05, 4.69) is 25.2 Å². The molecule has 0 aromatic carbocycles. The molecule has 1 N–H and O–H groups in total. The number of furan rings is 1. The van der Waals surface area contributed by atoms with Gasteiger partial charge in [-0.15, -0.1) is 0 Å². The van der Waals surface area contributed by atoms with Gasteiger partial charge in [0.05, 0.1) is 6.26 Å². The summed E-state index contributed by atoms with van der Waals surface area (Å²) >= 11 is 0. The average Bonchev–Trinajstić information content (AvgIpc) is 2.79. The molecule has 1 aromatic rings. The Kier molecular flexibility index (Phi) is 4.66. The molecule has 96 valence electrons. The summed E-state index contributed by atoms with van der Waals surface area (Å²) in [6.45, 7) is 4.54. The lowest BCUT2D eigenvalue weighted by Crippen LogP contribution is -2.34. The zero-order valence-corrected chi connectivity index (χ0v) is 11.2. The van der Waals surface area contributed by atoms with Gasteiger partial charge in [0.2, 0.25) is 0 Å². The van der Waals surface area contributed by atoms with Gasteiger partial charge in [-0.25, -0.2) is 0 Å². The van der Waals surface area contributed by atoms with Crippen LogP contribution in [0.25, 0.3) is 0 Å². The molecule has 0 saturated heterocycles.